The molecule has 2 N–H and O–H groups in total. The molecule has 1 aromatic carbocycles. The molecule has 0 aliphatic heterocycles. The highest BCUT2D eigenvalue weighted by Crippen LogP contribution is 2.44. The first-order valence-corrected chi connectivity index (χ1v) is 6.13. The summed E-state index contributed by atoms with van der Waals surface area (Å²) in [6.45, 7) is 2.25. The zero-order valence-electron chi connectivity index (χ0n) is 9.63. The van der Waals surface area contributed by atoms with Gasteiger partial charge in [-0.15, -0.1) is 0 Å². The van der Waals surface area contributed by atoms with Gasteiger partial charge in [0, 0.05) is 5.54 Å². The number of rotatable bonds is 5. The van der Waals surface area contributed by atoms with Crippen molar-refractivity contribution in [2.24, 2.45) is 5.73 Å². The minimum atomic E-state index is 0.0306. The maximum Gasteiger partial charge on any atom is 0.0414 e. The number of nitrogens with two attached hydrogens (primary N) is 1. The number of hydrogen-bond acceptors (Lipinski definition) is 1. The quantitative estimate of drug-likeness (QED) is 0.729. The van der Waals surface area contributed by atoms with Crippen molar-refractivity contribution in [1.29, 1.82) is 0 Å². The number of hydrogen-bond donors (Lipinski definition) is 1. The van der Waals surface area contributed by atoms with Gasteiger partial charge in [0.2, 0.25) is 0 Å². The Morgan fingerprint density at radius 1 is 1.20 bits per heavy atom. The molecule has 0 radical (unpaired) electrons. The summed E-state index contributed by atoms with van der Waals surface area (Å²) in [7, 11) is 0. The molecular formula is C14H21N. The maximum absolute atomic E-state index is 6.27. The van der Waals surface area contributed by atoms with Gasteiger partial charge in [-0.1, -0.05) is 44.0 Å². The van der Waals surface area contributed by atoms with Crippen LogP contribution in [0.15, 0.2) is 24.3 Å². The molecule has 0 heterocycles. The summed E-state index contributed by atoms with van der Waals surface area (Å²) in [5.41, 5.74) is 9.19. The fraction of sp³-hybridized carbons (Fsp3) is 0.571. The van der Waals surface area contributed by atoms with E-state index in [0.717, 1.165) is 12.8 Å². The lowest BCUT2D eigenvalue weighted by molar-refractivity contribution is 0.685. The summed E-state index contributed by atoms with van der Waals surface area (Å²) in [6, 6.07) is 8.72. The van der Waals surface area contributed by atoms with Gasteiger partial charge in [0.25, 0.3) is 0 Å². The predicted octanol–water partition coefficient (Wildman–Crippen LogP) is 3.37. The van der Waals surface area contributed by atoms with Gasteiger partial charge in [0.05, 0.1) is 0 Å². The van der Waals surface area contributed by atoms with E-state index in [9.17, 15) is 0 Å². The van der Waals surface area contributed by atoms with E-state index in [2.05, 4.69) is 31.2 Å². The normalized spacial score (nSPS) is 17.7. The zero-order chi connectivity index (χ0) is 10.7. The highest BCUT2D eigenvalue weighted by Gasteiger charge is 2.40. The summed E-state index contributed by atoms with van der Waals surface area (Å²) >= 11 is 0. The van der Waals surface area contributed by atoms with E-state index < -0.39 is 0 Å². The second-order valence-electron chi connectivity index (χ2n) is 4.77. The Kier molecular flexibility index (Phi) is 3.11. The fourth-order valence-corrected chi connectivity index (χ4v) is 2.19. The van der Waals surface area contributed by atoms with Crippen molar-refractivity contribution in [1.82, 2.24) is 0 Å². The van der Waals surface area contributed by atoms with Crippen molar-refractivity contribution in [3.8, 4) is 0 Å². The Hall–Kier alpha value is -0.820. The van der Waals surface area contributed by atoms with Crippen LogP contribution in [0.2, 0.25) is 0 Å². The summed E-state index contributed by atoms with van der Waals surface area (Å²) in [6.07, 6.45) is 7.43. The summed E-state index contributed by atoms with van der Waals surface area (Å²) in [5, 5.41) is 0. The summed E-state index contributed by atoms with van der Waals surface area (Å²) < 4.78 is 0. The molecule has 0 unspecified atom stereocenters. The Labute approximate surface area is 92.7 Å². The molecule has 0 bridgehead atoms. The lowest BCUT2D eigenvalue weighted by Crippen LogP contribution is -2.20. The summed E-state index contributed by atoms with van der Waals surface area (Å²) in [4.78, 5) is 0. The minimum Gasteiger partial charge on any atom is -0.321 e. The third-order valence-corrected chi connectivity index (χ3v) is 3.39. The highest BCUT2D eigenvalue weighted by atomic mass is 14.8. The van der Waals surface area contributed by atoms with Gasteiger partial charge in [-0.3, -0.25) is 0 Å². The molecule has 0 amide bonds. The van der Waals surface area contributed by atoms with Crippen LogP contribution in [-0.4, -0.2) is 0 Å². The second-order valence-corrected chi connectivity index (χ2v) is 4.77. The first kappa shape index (κ1) is 10.7. The highest BCUT2D eigenvalue weighted by molar-refractivity contribution is 5.37. The molecule has 82 valence electrons. The van der Waals surface area contributed by atoms with Crippen LogP contribution >= 0.6 is 0 Å². The van der Waals surface area contributed by atoms with Gasteiger partial charge >= 0.3 is 0 Å². The number of benzene rings is 1. The topological polar surface area (TPSA) is 26.0 Å². The number of aryl methyl sites for hydroxylation is 1. The molecule has 2 rings (SSSR count). The molecule has 1 aliphatic carbocycles. The van der Waals surface area contributed by atoms with E-state index >= 15 is 0 Å². The third kappa shape index (κ3) is 2.40. The molecule has 1 aromatic rings. The van der Waals surface area contributed by atoms with Crippen LogP contribution in [0.5, 0.6) is 0 Å². The molecule has 1 aliphatic rings. The predicted molar refractivity (Wildman–Crippen MR) is 64.8 cm³/mol. The van der Waals surface area contributed by atoms with Crippen LogP contribution in [0.4, 0.5) is 0 Å². The molecule has 0 spiro atoms. The number of unbranched alkanes of at least 4 members (excludes halogenated alkanes) is 2. The van der Waals surface area contributed by atoms with Gasteiger partial charge < -0.3 is 5.73 Å². The van der Waals surface area contributed by atoms with Crippen molar-refractivity contribution < 1.29 is 0 Å². The molecule has 0 saturated heterocycles. The fourth-order valence-electron chi connectivity index (χ4n) is 2.19. The van der Waals surface area contributed by atoms with Crippen molar-refractivity contribution in [2.45, 2.75) is 51.0 Å². The van der Waals surface area contributed by atoms with Crippen molar-refractivity contribution in [3.63, 3.8) is 0 Å². The van der Waals surface area contributed by atoms with Crippen LogP contribution in [0.1, 0.15) is 50.2 Å². The first-order chi connectivity index (χ1) is 7.26. The van der Waals surface area contributed by atoms with E-state index in [4.69, 9.17) is 5.73 Å². The van der Waals surface area contributed by atoms with Crippen LogP contribution in [0, 0.1) is 0 Å². The summed E-state index contributed by atoms with van der Waals surface area (Å²) in [5.74, 6) is 0. The Morgan fingerprint density at radius 2 is 1.93 bits per heavy atom. The largest absolute Gasteiger partial charge is 0.321 e. The van der Waals surface area contributed by atoms with Gasteiger partial charge in [-0.05, 0) is 36.8 Å². The van der Waals surface area contributed by atoms with E-state index in [0.29, 0.717) is 0 Å². The molecule has 15 heavy (non-hydrogen) atoms. The average Bonchev–Trinajstić information content (AvgIpc) is 2.99. The molecule has 1 saturated carbocycles. The Morgan fingerprint density at radius 3 is 2.60 bits per heavy atom. The molecule has 0 atom stereocenters. The molecule has 1 heteroatoms. The van der Waals surface area contributed by atoms with E-state index in [-0.39, 0.29) is 5.54 Å². The molecule has 1 nitrogen and oxygen atoms in total. The monoisotopic (exact) mass is 203 g/mol. The van der Waals surface area contributed by atoms with E-state index in [1.54, 1.807) is 0 Å². The van der Waals surface area contributed by atoms with Crippen LogP contribution in [0.3, 0.4) is 0 Å². The third-order valence-electron chi connectivity index (χ3n) is 3.39. The van der Waals surface area contributed by atoms with Crippen LogP contribution < -0.4 is 5.73 Å². The van der Waals surface area contributed by atoms with Crippen molar-refractivity contribution in [3.05, 3.63) is 35.4 Å². The molecule has 1 fully saturated rings. The van der Waals surface area contributed by atoms with Gasteiger partial charge in [0.1, 0.15) is 0 Å². The molecular weight excluding hydrogens is 182 g/mol. The first-order valence-electron chi connectivity index (χ1n) is 6.13. The standard InChI is InChI=1S/C14H21N/c1-2-3-4-7-12-8-5-6-9-13(12)14(15)10-11-14/h5-6,8-9H,2-4,7,10-11,15H2,1H3. The van der Waals surface area contributed by atoms with Crippen LogP contribution in [-0.2, 0) is 12.0 Å². The van der Waals surface area contributed by atoms with E-state index in [1.807, 2.05) is 0 Å². The lowest BCUT2D eigenvalue weighted by atomic mass is 9.95. The Balaban J connectivity index is 2.08. The molecule has 0 aromatic heterocycles. The smallest absolute Gasteiger partial charge is 0.0414 e. The minimum absolute atomic E-state index is 0.0306. The van der Waals surface area contributed by atoms with Crippen molar-refractivity contribution >= 4 is 0 Å². The van der Waals surface area contributed by atoms with Crippen molar-refractivity contribution in [2.75, 3.05) is 0 Å². The zero-order valence-corrected chi connectivity index (χ0v) is 9.63. The second kappa shape index (κ2) is 4.36. The van der Waals surface area contributed by atoms with Gasteiger partial charge in [-0.25, -0.2) is 0 Å². The Bertz CT molecular complexity index is 326. The maximum atomic E-state index is 6.27. The lowest BCUT2D eigenvalue weighted by Gasteiger charge is -2.14. The average molecular weight is 203 g/mol. The van der Waals surface area contributed by atoms with Gasteiger partial charge in [-0.2, -0.15) is 0 Å². The van der Waals surface area contributed by atoms with Crippen LogP contribution in [0.25, 0.3) is 0 Å². The van der Waals surface area contributed by atoms with E-state index in [1.165, 1.54) is 36.8 Å². The van der Waals surface area contributed by atoms with Gasteiger partial charge in [0.15, 0.2) is 0 Å². The SMILES string of the molecule is CCCCCc1ccccc1C1(N)CC1.